The second-order valence-electron chi connectivity index (χ2n) is 16.5. The van der Waals surface area contributed by atoms with Gasteiger partial charge in [0.05, 0.1) is 25.4 Å². The molecular formula is C52H93NO5. The largest absolute Gasteiger partial charge is 0.466 e. The molecule has 0 aliphatic rings. The summed E-state index contributed by atoms with van der Waals surface area (Å²) in [5.41, 5.74) is 0. The second kappa shape index (κ2) is 47.2. The van der Waals surface area contributed by atoms with Crippen molar-refractivity contribution in [1.82, 2.24) is 5.32 Å². The highest BCUT2D eigenvalue weighted by molar-refractivity contribution is 5.76. The highest BCUT2D eigenvalue weighted by Crippen LogP contribution is 2.13. The van der Waals surface area contributed by atoms with Crippen LogP contribution in [0.15, 0.2) is 60.8 Å². The quantitative estimate of drug-likeness (QED) is 0.0246. The van der Waals surface area contributed by atoms with Crippen molar-refractivity contribution in [3.05, 3.63) is 60.8 Å². The molecule has 336 valence electrons. The zero-order valence-corrected chi connectivity index (χ0v) is 38.0. The SMILES string of the molecule is CCCCC/C=C\C/C=C\CCCCCCCCCC(=O)OCCCCC/C=C\C=C/CCCCCCCCC(=O)NC(CO)C(O)/C=C/CCCCCCCCC. The van der Waals surface area contributed by atoms with Gasteiger partial charge in [-0.05, 0) is 96.3 Å². The molecule has 6 heteroatoms. The number of hydrogen-bond donors (Lipinski definition) is 3. The molecule has 0 radical (unpaired) electrons. The van der Waals surface area contributed by atoms with E-state index in [0.717, 1.165) is 83.5 Å². The van der Waals surface area contributed by atoms with E-state index in [1.165, 1.54) is 122 Å². The van der Waals surface area contributed by atoms with Gasteiger partial charge in [-0.25, -0.2) is 0 Å². The number of hydrogen-bond acceptors (Lipinski definition) is 5. The van der Waals surface area contributed by atoms with E-state index in [0.29, 0.717) is 19.4 Å². The molecular weight excluding hydrogens is 719 g/mol. The number of unbranched alkanes of at least 4 members (excludes halogenated alkanes) is 26. The molecule has 0 bridgehead atoms. The Bertz CT molecular complexity index is 1030. The second-order valence-corrected chi connectivity index (χ2v) is 16.5. The van der Waals surface area contributed by atoms with Crippen LogP contribution in [0.25, 0.3) is 0 Å². The van der Waals surface area contributed by atoms with Gasteiger partial charge in [0.25, 0.3) is 0 Å². The van der Waals surface area contributed by atoms with Gasteiger partial charge >= 0.3 is 5.97 Å². The van der Waals surface area contributed by atoms with E-state index in [1.54, 1.807) is 6.08 Å². The normalized spacial score (nSPS) is 13.2. The van der Waals surface area contributed by atoms with Crippen molar-refractivity contribution < 1.29 is 24.5 Å². The number of aliphatic hydroxyl groups excluding tert-OH is 2. The number of ether oxygens (including phenoxy) is 1. The van der Waals surface area contributed by atoms with E-state index in [9.17, 15) is 19.8 Å². The van der Waals surface area contributed by atoms with Crippen molar-refractivity contribution in [2.75, 3.05) is 13.2 Å². The van der Waals surface area contributed by atoms with E-state index < -0.39 is 12.1 Å². The molecule has 0 saturated carbocycles. The number of amides is 1. The maximum absolute atomic E-state index is 12.3. The Morgan fingerprint density at radius 1 is 0.500 bits per heavy atom. The van der Waals surface area contributed by atoms with Gasteiger partial charge in [0.2, 0.25) is 5.91 Å². The summed E-state index contributed by atoms with van der Waals surface area (Å²) >= 11 is 0. The molecule has 1 amide bonds. The number of esters is 1. The fraction of sp³-hybridized carbons (Fsp3) is 0.769. The summed E-state index contributed by atoms with van der Waals surface area (Å²) in [6.45, 7) is 4.77. The van der Waals surface area contributed by atoms with Crippen molar-refractivity contribution >= 4 is 11.9 Å². The van der Waals surface area contributed by atoms with Crippen LogP contribution in [0.4, 0.5) is 0 Å². The number of carbonyl (C=O) groups is 2. The zero-order chi connectivity index (χ0) is 42.3. The maximum atomic E-state index is 12.3. The first-order chi connectivity index (χ1) is 28.5. The predicted molar refractivity (Wildman–Crippen MR) is 250 cm³/mol. The summed E-state index contributed by atoms with van der Waals surface area (Å²) in [6.07, 6.45) is 59.4. The monoisotopic (exact) mass is 812 g/mol. The van der Waals surface area contributed by atoms with Crippen LogP contribution in [-0.4, -0.2) is 47.4 Å². The Kier molecular flexibility index (Phi) is 45.3. The van der Waals surface area contributed by atoms with E-state index in [2.05, 4.69) is 67.8 Å². The fourth-order valence-corrected chi connectivity index (χ4v) is 6.94. The van der Waals surface area contributed by atoms with E-state index in [1.807, 2.05) is 6.08 Å². The van der Waals surface area contributed by atoms with E-state index in [-0.39, 0.29) is 18.5 Å². The van der Waals surface area contributed by atoms with E-state index in [4.69, 9.17) is 4.74 Å². The number of nitrogens with one attached hydrogen (secondary N) is 1. The Morgan fingerprint density at radius 2 is 0.914 bits per heavy atom. The maximum Gasteiger partial charge on any atom is 0.305 e. The third-order valence-corrected chi connectivity index (χ3v) is 10.8. The van der Waals surface area contributed by atoms with Crippen molar-refractivity contribution in [2.45, 2.75) is 244 Å². The van der Waals surface area contributed by atoms with Crippen LogP contribution >= 0.6 is 0 Å². The molecule has 0 aliphatic carbocycles. The summed E-state index contributed by atoms with van der Waals surface area (Å²) in [5.74, 6) is -0.128. The first-order valence-corrected chi connectivity index (χ1v) is 24.6. The van der Waals surface area contributed by atoms with Gasteiger partial charge in [0, 0.05) is 12.8 Å². The van der Waals surface area contributed by atoms with Crippen LogP contribution in [0.5, 0.6) is 0 Å². The minimum Gasteiger partial charge on any atom is -0.466 e. The Morgan fingerprint density at radius 3 is 1.45 bits per heavy atom. The predicted octanol–water partition coefficient (Wildman–Crippen LogP) is 14.5. The Balaban J connectivity index is 3.54. The minimum absolute atomic E-state index is 0.0323. The number of rotatable bonds is 44. The Labute approximate surface area is 358 Å². The smallest absolute Gasteiger partial charge is 0.305 e. The van der Waals surface area contributed by atoms with Gasteiger partial charge in [-0.2, -0.15) is 0 Å². The summed E-state index contributed by atoms with van der Waals surface area (Å²) in [6, 6.07) is -0.644. The lowest BCUT2D eigenvalue weighted by Gasteiger charge is -2.20. The van der Waals surface area contributed by atoms with E-state index >= 15 is 0 Å². The molecule has 0 aromatic heterocycles. The fourth-order valence-electron chi connectivity index (χ4n) is 6.94. The molecule has 0 saturated heterocycles. The molecule has 6 nitrogen and oxygen atoms in total. The topological polar surface area (TPSA) is 95.9 Å². The van der Waals surface area contributed by atoms with Gasteiger partial charge in [0.15, 0.2) is 0 Å². The molecule has 0 rings (SSSR count). The molecule has 0 heterocycles. The van der Waals surface area contributed by atoms with Crippen LogP contribution in [-0.2, 0) is 14.3 Å². The molecule has 2 unspecified atom stereocenters. The lowest BCUT2D eigenvalue weighted by atomic mass is 10.1. The molecule has 0 spiro atoms. The number of allylic oxidation sites excluding steroid dienone is 9. The average Bonchev–Trinajstić information content (AvgIpc) is 3.22. The molecule has 0 fully saturated rings. The van der Waals surface area contributed by atoms with Crippen LogP contribution in [0.2, 0.25) is 0 Å². The third-order valence-electron chi connectivity index (χ3n) is 10.8. The lowest BCUT2D eigenvalue weighted by molar-refractivity contribution is -0.143. The zero-order valence-electron chi connectivity index (χ0n) is 38.0. The highest BCUT2D eigenvalue weighted by atomic mass is 16.5. The van der Waals surface area contributed by atoms with Gasteiger partial charge in [-0.15, -0.1) is 0 Å². The molecule has 3 N–H and O–H groups in total. The summed E-state index contributed by atoms with van der Waals surface area (Å²) in [4.78, 5) is 24.4. The van der Waals surface area contributed by atoms with Gasteiger partial charge in [-0.1, -0.05) is 184 Å². The van der Waals surface area contributed by atoms with Crippen LogP contribution in [0, 0.1) is 0 Å². The van der Waals surface area contributed by atoms with Gasteiger partial charge in [-0.3, -0.25) is 9.59 Å². The molecule has 2 atom stereocenters. The van der Waals surface area contributed by atoms with Crippen LogP contribution < -0.4 is 5.32 Å². The van der Waals surface area contributed by atoms with Gasteiger partial charge < -0.3 is 20.3 Å². The molecule has 0 aliphatic heterocycles. The first kappa shape index (κ1) is 55.6. The van der Waals surface area contributed by atoms with Crippen molar-refractivity contribution in [3.63, 3.8) is 0 Å². The molecule has 58 heavy (non-hydrogen) atoms. The molecule has 0 aromatic carbocycles. The number of aliphatic hydroxyl groups is 2. The van der Waals surface area contributed by atoms with Crippen LogP contribution in [0.1, 0.15) is 232 Å². The number of carbonyl (C=O) groups excluding carboxylic acids is 2. The standard InChI is InChI=1S/C52H93NO5/c1-3-5-7-9-11-13-14-15-16-17-20-23-26-30-34-38-42-46-52(57)58-47-43-39-35-31-27-24-21-18-19-22-25-29-33-37-41-45-51(56)53-49(48-54)50(55)44-40-36-32-28-12-10-8-6-4-2/h11,13,15-16,18,21,24,27,40,44,49-50,54-55H,3-10,12,14,17,19-20,22-23,25-26,28-39,41-43,45-48H2,1-2H3,(H,53,56)/b13-11-,16-15-,21-18-,27-24-,44-40+. The summed E-state index contributed by atoms with van der Waals surface area (Å²) < 4.78 is 5.44. The lowest BCUT2D eigenvalue weighted by Crippen LogP contribution is -2.45. The first-order valence-electron chi connectivity index (χ1n) is 24.6. The van der Waals surface area contributed by atoms with Crippen molar-refractivity contribution in [3.8, 4) is 0 Å². The highest BCUT2D eigenvalue weighted by Gasteiger charge is 2.18. The van der Waals surface area contributed by atoms with Crippen molar-refractivity contribution in [2.24, 2.45) is 0 Å². The van der Waals surface area contributed by atoms with Crippen molar-refractivity contribution in [1.29, 1.82) is 0 Å². The summed E-state index contributed by atoms with van der Waals surface area (Å²) in [7, 11) is 0. The third kappa shape index (κ3) is 43.1. The Hall–Kier alpha value is -2.44. The summed E-state index contributed by atoms with van der Waals surface area (Å²) in [5, 5.41) is 22.9. The average molecular weight is 812 g/mol. The molecule has 0 aromatic rings. The minimum atomic E-state index is -0.858. The van der Waals surface area contributed by atoms with Gasteiger partial charge in [0.1, 0.15) is 0 Å². The van der Waals surface area contributed by atoms with Crippen LogP contribution in [0.3, 0.4) is 0 Å².